The van der Waals surface area contributed by atoms with E-state index in [1.54, 1.807) is 72.4 Å². The molecule has 0 saturated heterocycles. The zero-order chi connectivity index (χ0) is 24.4. The number of thiophene rings is 1. The Balaban J connectivity index is 1.45. The van der Waals surface area contributed by atoms with Crippen LogP contribution in [-0.2, 0) is 0 Å². The van der Waals surface area contributed by atoms with Crippen molar-refractivity contribution in [3.05, 3.63) is 89.7 Å². The van der Waals surface area contributed by atoms with Gasteiger partial charge in [0.15, 0.2) is 5.65 Å². The first kappa shape index (κ1) is 22.4. The maximum absolute atomic E-state index is 13.4. The van der Waals surface area contributed by atoms with Gasteiger partial charge >= 0.3 is 0 Å². The van der Waals surface area contributed by atoms with Crippen LogP contribution >= 0.6 is 11.3 Å². The molecule has 0 atom stereocenters. The van der Waals surface area contributed by atoms with Crippen molar-refractivity contribution in [2.24, 2.45) is 0 Å². The van der Waals surface area contributed by atoms with Crippen LogP contribution in [0.4, 0.5) is 11.4 Å². The minimum atomic E-state index is -0.281. The summed E-state index contributed by atoms with van der Waals surface area (Å²) < 4.78 is 1.82. The molecule has 0 aliphatic carbocycles. The number of rotatable bonds is 6. The zero-order valence-electron chi connectivity index (χ0n) is 19.1. The van der Waals surface area contributed by atoms with Crippen molar-refractivity contribution in [2.45, 2.75) is 19.9 Å². The van der Waals surface area contributed by atoms with Crippen LogP contribution < -0.4 is 10.6 Å². The monoisotopic (exact) mass is 482 g/mol. The van der Waals surface area contributed by atoms with Crippen molar-refractivity contribution < 1.29 is 9.59 Å². The fourth-order valence-corrected chi connectivity index (χ4v) is 4.40. The second-order valence-electron chi connectivity index (χ2n) is 8.18. The Morgan fingerprint density at radius 3 is 2.37 bits per heavy atom. The molecule has 4 heterocycles. The van der Waals surface area contributed by atoms with E-state index in [9.17, 15) is 9.59 Å². The average Bonchev–Trinajstić information content (AvgIpc) is 3.54. The van der Waals surface area contributed by atoms with Gasteiger partial charge in [-0.3, -0.25) is 14.6 Å². The number of benzene rings is 1. The largest absolute Gasteiger partial charge is 0.322 e. The van der Waals surface area contributed by atoms with E-state index in [-0.39, 0.29) is 17.9 Å². The average molecular weight is 483 g/mol. The van der Waals surface area contributed by atoms with E-state index >= 15 is 0 Å². The van der Waals surface area contributed by atoms with Crippen LogP contribution in [0, 0.1) is 0 Å². The van der Waals surface area contributed by atoms with E-state index in [4.69, 9.17) is 4.98 Å². The lowest BCUT2D eigenvalue weighted by Gasteiger charge is -2.11. The summed E-state index contributed by atoms with van der Waals surface area (Å²) >= 11 is 1.56. The lowest BCUT2D eigenvalue weighted by Crippen LogP contribution is -2.15. The van der Waals surface area contributed by atoms with Crippen molar-refractivity contribution in [1.82, 2.24) is 19.7 Å². The van der Waals surface area contributed by atoms with Gasteiger partial charge in [-0.15, -0.1) is 11.3 Å². The molecule has 0 aliphatic heterocycles. The van der Waals surface area contributed by atoms with Gasteiger partial charge < -0.3 is 10.6 Å². The Morgan fingerprint density at radius 2 is 1.69 bits per heavy atom. The number of hydrogen-bond donors (Lipinski definition) is 2. The molecule has 0 radical (unpaired) electrons. The topological polar surface area (TPSA) is 102 Å². The maximum atomic E-state index is 13.4. The molecule has 2 amide bonds. The van der Waals surface area contributed by atoms with E-state index in [1.165, 1.54) is 0 Å². The number of carbonyl (C=O) groups excluding carboxylic acids is 2. The summed E-state index contributed by atoms with van der Waals surface area (Å²) in [5.74, 6) is -0.537. The molecule has 8 nitrogen and oxygen atoms in total. The normalized spacial score (nSPS) is 11.1. The molecular weight excluding hydrogens is 460 g/mol. The molecule has 35 heavy (non-hydrogen) atoms. The van der Waals surface area contributed by atoms with Crippen LogP contribution in [-0.4, -0.2) is 31.6 Å². The third kappa shape index (κ3) is 4.67. The van der Waals surface area contributed by atoms with Crippen LogP contribution in [0.2, 0.25) is 0 Å². The lowest BCUT2D eigenvalue weighted by atomic mass is 10.1. The van der Waals surface area contributed by atoms with Crippen LogP contribution in [0.1, 0.15) is 40.6 Å². The van der Waals surface area contributed by atoms with Gasteiger partial charge in [-0.05, 0) is 61.7 Å². The Hall–Kier alpha value is -4.37. The lowest BCUT2D eigenvalue weighted by molar-refractivity contribution is 0.102. The molecule has 0 spiro atoms. The third-order valence-electron chi connectivity index (χ3n) is 5.39. The van der Waals surface area contributed by atoms with E-state index in [0.717, 1.165) is 10.6 Å². The molecule has 0 fully saturated rings. The SMILES string of the molecule is CC(C)n1ncc2c(C(=O)Nc3cccc(NC(=O)c4ccncc4)c3)cc(-c3cccs3)nc21. The zero-order valence-corrected chi connectivity index (χ0v) is 19.9. The summed E-state index contributed by atoms with van der Waals surface area (Å²) in [4.78, 5) is 35.6. The number of nitrogens with zero attached hydrogens (tertiary/aromatic N) is 4. The van der Waals surface area contributed by atoms with Gasteiger partial charge in [0, 0.05) is 35.4 Å². The summed E-state index contributed by atoms with van der Waals surface area (Å²) in [6.07, 6.45) is 4.81. The van der Waals surface area contributed by atoms with Crippen molar-refractivity contribution in [1.29, 1.82) is 0 Å². The van der Waals surface area contributed by atoms with Gasteiger partial charge in [-0.1, -0.05) is 12.1 Å². The number of carbonyl (C=O) groups is 2. The second kappa shape index (κ2) is 9.47. The number of amides is 2. The third-order valence-corrected chi connectivity index (χ3v) is 6.29. The van der Waals surface area contributed by atoms with Crippen LogP contribution in [0.5, 0.6) is 0 Å². The van der Waals surface area contributed by atoms with Crippen LogP contribution in [0.25, 0.3) is 21.6 Å². The number of fused-ring (bicyclic) bond motifs is 1. The molecule has 9 heteroatoms. The summed E-state index contributed by atoms with van der Waals surface area (Å²) in [5, 5.41) is 12.9. The predicted molar refractivity (Wildman–Crippen MR) is 138 cm³/mol. The minimum absolute atomic E-state index is 0.0928. The Morgan fingerprint density at radius 1 is 0.943 bits per heavy atom. The Labute approximate surface area is 205 Å². The summed E-state index contributed by atoms with van der Waals surface area (Å²) in [5.41, 5.74) is 3.49. The smallest absolute Gasteiger partial charge is 0.256 e. The molecule has 5 rings (SSSR count). The number of nitrogens with one attached hydrogen (secondary N) is 2. The van der Waals surface area contributed by atoms with Crippen molar-refractivity contribution in [2.75, 3.05) is 10.6 Å². The Kier molecular flexibility index (Phi) is 6.07. The predicted octanol–water partition coefficient (Wildman–Crippen LogP) is 5.64. The molecule has 4 aromatic heterocycles. The highest BCUT2D eigenvalue weighted by atomic mass is 32.1. The fraction of sp³-hybridized carbons (Fsp3) is 0.115. The molecule has 0 saturated carbocycles. The summed E-state index contributed by atoms with van der Waals surface area (Å²) in [6.45, 7) is 4.05. The molecular formula is C26H22N6O2S. The first-order valence-electron chi connectivity index (χ1n) is 11.0. The molecule has 174 valence electrons. The second-order valence-corrected chi connectivity index (χ2v) is 9.13. The van der Waals surface area contributed by atoms with Crippen molar-refractivity contribution in [3.63, 3.8) is 0 Å². The van der Waals surface area contributed by atoms with E-state index in [0.29, 0.717) is 33.5 Å². The molecule has 2 N–H and O–H groups in total. The van der Waals surface area contributed by atoms with Gasteiger partial charge in [0.25, 0.3) is 11.8 Å². The van der Waals surface area contributed by atoms with Gasteiger partial charge in [0.1, 0.15) is 0 Å². The van der Waals surface area contributed by atoms with Crippen LogP contribution in [0.15, 0.2) is 78.6 Å². The van der Waals surface area contributed by atoms with Gasteiger partial charge in [0.05, 0.1) is 27.7 Å². The van der Waals surface area contributed by atoms with Gasteiger partial charge in [0.2, 0.25) is 0 Å². The number of pyridine rings is 2. The summed E-state index contributed by atoms with van der Waals surface area (Å²) in [6, 6.07) is 16.1. The maximum Gasteiger partial charge on any atom is 0.256 e. The first-order valence-corrected chi connectivity index (χ1v) is 11.9. The van der Waals surface area contributed by atoms with Crippen molar-refractivity contribution in [3.8, 4) is 10.6 Å². The molecule has 0 bridgehead atoms. The Bertz CT molecular complexity index is 1510. The number of hydrogen-bond acceptors (Lipinski definition) is 6. The first-order chi connectivity index (χ1) is 17.0. The highest BCUT2D eigenvalue weighted by Gasteiger charge is 2.19. The fourth-order valence-electron chi connectivity index (χ4n) is 3.71. The number of anilines is 2. The van der Waals surface area contributed by atoms with Gasteiger partial charge in [-0.2, -0.15) is 5.10 Å². The standard InChI is InChI=1S/C26H22N6O2S/c1-16(2)32-24-21(15-28-32)20(14-22(31-24)23-7-4-12-35-23)26(34)30-19-6-3-5-18(13-19)29-25(33)17-8-10-27-11-9-17/h3-16H,1-2H3,(H,29,33)(H,30,34). The van der Waals surface area contributed by atoms with E-state index in [1.807, 2.05) is 36.0 Å². The quantitative estimate of drug-likeness (QED) is 0.326. The van der Waals surface area contributed by atoms with Crippen LogP contribution in [0.3, 0.4) is 0 Å². The molecule has 0 aliphatic rings. The minimum Gasteiger partial charge on any atom is -0.322 e. The van der Waals surface area contributed by atoms with Crippen molar-refractivity contribution >= 4 is 45.6 Å². The highest BCUT2D eigenvalue weighted by molar-refractivity contribution is 7.13. The highest BCUT2D eigenvalue weighted by Crippen LogP contribution is 2.29. The van der Waals surface area contributed by atoms with Gasteiger partial charge in [-0.25, -0.2) is 9.67 Å². The molecule has 0 unspecified atom stereocenters. The van der Waals surface area contributed by atoms with E-state index < -0.39 is 0 Å². The van der Waals surface area contributed by atoms with E-state index in [2.05, 4.69) is 20.7 Å². The summed E-state index contributed by atoms with van der Waals surface area (Å²) in [7, 11) is 0. The molecule has 5 aromatic rings. The molecule has 1 aromatic carbocycles. The number of aromatic nitrogens is 4.